The van der Waals surface area contributed by atoms with Crippen LogP contribution in [-0.4, -0.2) is 37.5 Å². The number of morpholine rings is 1. The van der Waals surface area contributed by atoms with E-state index in [9.17, 15) is 8.42 Å². The highest BCUT2D eigenvalue weighted by molar-refractivity contribution is 7.89. The van der Waals surface area contributed by atoms with E-state index in [2.05, 4.69) is 0 Å². The molecule has 1 fully saturated rings. The van der Waals surface area contributed by atoms with Crippen LogP contribution in [0.2, 0.25) is 0 Å². The van der Waals surface area contributed by atoms with Crippen molar-refractivity contribution in [3.63, 3.8) is 0 Å². The van der Waals surface area contributed by atoms with Gasteiger partial charge in [-0.3, -0.25) is 0 Å². The van der Waals surface area contributed by atoms with Crippen LogP contribution in [0.5, 0.6) is 0 Å². The van der Waals surface area contributed by atoms with Gasteiger partial charge < -0.3 is 14.9 Å². The van der Waals surface area contributed by atoms with Crippen molar-refractivity contribution in [2.24, 2.45) is 5.73 Å². The Kier molecular flexibility index (Phi) is 3.98. The third-order valence-electron chi connectivity index (χ3n) is 3.28. The normalized spacial score (nSPS) is 23.9. The molecule has 0 aromatic carbocycles. The maximum absolute atomic E-state index is 12.7. The van der Waals surface area contributed by atoms with Crippen molar-refractivity contribution in [2.45, 2.75) is 50.8 Å². The summed E-state index contributed by atoms with van der Waals surface area (Å²) >= 11 is 0. The molecule has 1 aromatic rings. The van der Waals surface area contributed by atoms with E-state index in [1.54, 1.807) is 6.92 Å². The van der Waals surface area contributed by atoms with Gasteiger partial charge in [-0.05, 0) is 27.7 Å². The Morgan fingerprint density at radius 1 is 1.50 bits per heavy atom. The highest BCUT2D eigenvalue weighted by Crippen LogP contribution is 2.29. The quantitative estimate of drug-likeness (QED) is 0.907. The summed E-state index contributed by atoms with van der Waals surface area (Å²) < 4.78 is 38.0. The molecule has 7 heteroatoms. The summed E-state index contributed by atoms with van der Waals surface area (Å²) in [6.07, 6.45) is -0.144. The smallest absolute Gasteiger partial charge is 0.246 e. The Morgan fingerprint density at radius 3 is 2.65 bits per heavy atom. The average molecular weight is 302 g/mol. The van der Waals surface area contributed by atoms with Gasteiger partial charge >= 0.3 is 0 Å². The fraction of sp³-hybridized carbons (Fsp3) is 0.692. The molecule has 1 aliphatic heterocycles. The predicted molar refractivity (Wildman–Crippen MR) is 74.7 cm³/mol. The second kappa shape index (κ2) is 5.14. The monoisotopic (exact) mass is 302 g/mol. The molecule has 1 saturated heterocycles. The third kappa shape index (κ3) is 2.90. The van der Waals surface area contributed by atoms with Crippen molar-refractivity contribution < 1.29 is 17.6 Å². The van der Waals surface area contributed by atoms with Crippen LogP contribution >= 0.6 is 0 Å². The first kappa shape index (κ1) is 15.5. The van der Waals surface area contributed by atoms with Gasteiger partial charge in [0.05, 0.1) is 18.2 Å². The fourth-order valence-corrected chi connectivity index (χ4v) is 4.45. The minimum absolute atomic E-state index is 0.144. The maximum atomic E-state index is 12.7. The van der Waals surface area contributed by atoms with E-state index in [1.165, 1.54) is 10.4 Å². The number of sulfonamides is 1. The van der Waals surface area contributed by atoms with Crippen molar-refractivity contribution in [2.75, 3.05) is 13.1 Å². The predicted octanol–water partition coefficient (Wildman–Crippen LogP) is 1.23. The van der Waals surface area contributed by atoms with E-state index in [0.717, 1.165) is 0 Å². The number of hydrogen-bond acceptors (Lipinski definition) is 5. The molecule has 20 heavy (non-hydrogen) atoms. The molecule has 0 saturated carbocycles. The van der Waals surface area contributed by atoms with Crippen molar-refractivity contribution >= 4 is 10.0 Å². The summed E-state index contributed by atoms with van der Waals surface area (Å²) in [6, 6.07) is 1.51. The number of furan rings is 1. The van der Waals surface area contributed by atoms with Gasteiger partial charge in [0, 0.05) is 19.2 Å². The molecule has 2 N–H and O–H groups in total. The summed E-state index contributed by atoms with van der Waals surface area (Å²) in [4.78, 5) is 0.197. The summed E-state index contributed by atoms with van der Waals surface area (Å²) in [5.41, 5.74) is 5.00. The van der Waals surface area contributed by atoms with Gasteiger partial charge in [0.25, 0.3) is 0 Å². The lowest BCUT2D eigenvalue weighted by molar-refractivity contribution is -0.109. The first-order chi connectivity index (χ1) is 9.15. The highest BCUT2D eigenvalue weighted by atomic mass is 32.2. The first-order valence-corrected chi connectivity index (χ1v) is 8.07. The molecule has 0 radical (unpaired) electrons. The lowest BCUT2D eigenvalue weighted by Gasteiger charge is -2.40. The first-order valence-electron chi connectivity index (χ1n) is 6.63. The van der Waals surface area contributed by atoms with E-state index < -0.39 is 15.6 Å². The average Bonchev–Trinajstić information content (AvgIpc) is 2.68. The molecule has 1 aromatic heterocycles. The minimum atomic E-state index is -3.58. The summed E-state index contributed by atoms with van der Waals surface area (Å²) in [7, 11) is -3.58. The molecular weight excluding hydrogens is 280 g/mol. The summed E-state index contributed by atoms with van der Waals surface area (Å²) in [6.45, 7) is 8.13. The molecule has 1 aliphatic rings. The van der Waals surface area contributed by atoms with Crippen LogP contribution in [0.15, 0.2) is 15.4 Å². The van der Waals surface area contributed by atoms with Crippen LogP contribution < -0.4 is 5.73 Å². The number of rotatable bonds is 3. The topological polar surface area (TPSA) is 85.8 Å². The molecular formula is C13H22N2O4S. The molecule has 0 spiro atoms. The van der Waals surface area contributed by atoms with Crippen molar-refractivity contribution in [1.29, 1.82) is 0 Å². The standard InChI is InChI=1S/C13H22N2O4S/c1-9-7-15(8-13(3,4)19-9)20(16,17)12-5-11(6-14)18-10(12)2/h5,9H,6-8,14H2,1-4H3. The molecule has 0 amide bonds. The second-order valence-electron chi connectivity index (χ2n) is 5.82. The summed E-state index contributed by atoms with van der Waals surface area (Å²) in [5.74, 6) is 0.851. The number of aryl methyl sites for hydroxylation is 1. The fourth-order valence-electron chi connectivity index (χ4n) is 2.60. The number of ether oxygens (including phenoxy) is 1. The zero-order valence-corrected chi connectivity index (χ0v) is 13.2. The van der Waals surface area contributed by atoms with Gasteiger partial charge in [-0.15, -0.1) is 0 Å². The molecule has 0 bridgehead atoms. The van der Waals surface area contributed by atoms with Crippen molar-refractivity contribution in [3.8, 4) is 0 Å². The number of nitrogens with two attached hydrogens (primary N) is 1. The molecule has 114 valence electrons. The Labute approximate surface area is 119 Å². The zero-order chi connectivity index (χ0) is 15.1. The highest BCUT2D eigenvalue weighted by Gasteiger charge is 2.39. The van der Waals surface area contributed by atoms with E-state index in [-0.39, 0.29) is 17.5 Å². The van der Waals surface area contributed by atoms with Crippen LogP contribution in [0, 0.1) is 6.92 Å². The minimum Gasteiger partial charge on any atom is -0.464 e. The SMILES string of the molecule is Cc1oc(CN)cc1S(=O)(=O)N1CC(C)OC(C)(C)C1. The molecule has 6 nitrogen and oxygen atoms in total. The third-order valence-corrected chi connectivity index (χ3v) is 5.20. The van der Waals surface area contributed by atoms with Crippen molar-refractivity contribution in [3.05, 3.63) is 17.6 Å². The Hall–Kier alpha value is -0.890. The van der Waals surface area contributed by atoms with Gasteiger partial charge in [0.2, 0.25) is 10.0 Å². The van der Waals surface area contributed by atoms with Crippen molar-refractivity contribution in [1.82, 2.24) is 4.31 Å². The Bertz CT molecular complexity index is 592. The Balaban J connectivity index is 2.36. The van der Waals surface area contributed by atoms with E-state index >= 15 is 0 Å². The zero-order valence-electron chi connectivity index (χ0n) is 12.3. The van der Waals surface area contributed by atoms with Crippen LogP contribution in [-0.2, 0) is 21.3 Å². The van der Waals surface area contributed by atoms with Gasteiger partial charge in [-0.2, -0.15) is 4.31 Å². The largest absolute Gasteiger partial charge is 0.464 e. The van der Waals surface area contributed by atoms with Gasteiger partial charge in [0.1, 0.15) is 16.4 Å². The van der Waals surface area contributed by atoms with E-state index in [1.807, 2.05) is 20.8 Å². The number of hydrogen-bond donors (Lipinski definition) is 1. The lowest BCUT2D eigenvalue weighted by Crippen LogP contribution is -2.53. The maximum Gasteiger partial charge on any atom is 0.246 e. The number of nitrogens with zero attached hydrogens (tertiary/aromatic N) is 1. The molecule has 1 atom stereocenters. The molecule has 2 rings (SSSR count). The Morgan fingerprint density at radius 2 is 2.15 bits per heavy atom. The second-order valence-corrected chi connectivity index (χ2v) is 7.73. The van der Waals surface area contributed by atoms with E-state index in [4.69, 9.17) is 14.9 Å². The molecule has 2 heterocycles. The van der Waals surface area contributed by atoms with Gasteiger partial charge in [0.15, 0.2) is 0 Å². The van der Waals surface area contributed by atoms with Crippen LogP contribution in [0.3, 0.4) is 0 Å². The lowest BCUT2D eigenvalue weighted by atomic mass is 10.1. The van der Waals surface area contributed by atoms with Crippen LogP contribution in [0.4, 0.5) is 0 Å². The summed E-state index contributed by atoms with van der Waals surface area (Å²) in [5, 5.41) is 0. The van der Waals surface area contributed by atoms with Gasteiger partial charge in [-0.1, -0.05) is 0 Å². The van der Waals surface area contributed by atoms with Crippen LogP contribution in [0.1, 0.15) is 32.3 Å². The molecule has 1 unspecified atom stereocenters. The van der Waals surface area contributed by atoms with E-state index in [0.29, 0.717) is 24.6 Å². The molecule has 0 aliphatic carbocycles. The van der Waals surface area contributed by atoms with Gasteiger partial charge in [-0.25, -0.2) is 8.42 Å². The van der Waals surface area contributed by atoms with Crippen LogP contribution in [0.25, 0.3) is 0 Å².